The largest absolute Gasteiger partial charge is 0.447 e. The molecule has 29 heavy (non-hydrogen) atoms. The van der Waals surface area contributed by atoms with Gasteiger partial charge in [-0.25, -0.2) is 23.2 Å². The molecule has 11 nitrogen and oxygen atoms in total. The van der Waals surface area contributed by atoms with Crippen molar-refractivity contribution in [2.24, 2.45) is 5.73 Å². The number of ether oxygens (including phenoxy) is 1. The lowest BCUT2D eigenvalue weighted by Gasteiger charge is -2.30. The maximum Gasteiger partial charge on any atom is 0.442 e. The van der Waals surface area contributed by atoms with E-state index >= 15 is 0 Å². The van der Waals surface area contributed by atoms with Crippen LogP contribution in [-0.2, 0) is 11.2 Å². The van der Waals surface area contributed by atoms with E-state index in [4.69, 9.17) is 14.9 Å². The van der Waals surface area contributed by atoms with Crippen LogP contribution in [0.25, 0.3) is 11.5 Å². The minimum Gasteiger partial charge on any atom is -0.447 e. The van der Waals surface area contributed by atoms with Crippen molar-refractivity contribution in [1.29, 1.82) is 0 Å². The molecule has 13 heteroatoms. The predicted molar refractivity (Wildman–Crippen MR) is 94.6 cm³/mol. The molecule has 0 spiro atoms. The number of aliphatic hydroxyl groups excluding tert-OH is 1. The summed E-state index contributed by atoms with van der Waals surface area (Å²) < 4.78 is 28.9. The molecule has 3 N–H and O–H groups in total. The van der Waals surface area contributed by atoms with Gasteiger partial charge < -0.3 is 15.6 Å². The average Bonchev–Trinajstić information content (AvgIpc) is 3.28. The van der Waals surface area contributed by atoms with Crippen molar-refractivity contribution < 1.29 is 28.2 Å². The number of carbonyl (C=O) groups is 1. The van der Waals surface area contributed by atoms with Crippen molar-refractivity contribution in [1.82, 2.24) is 20.0 Å². The van der Waals surface area contributed by atoms with Crippen molar-refractivity contribution in [3.63, 3.8) is 0 Å². The van der Waals surface area contributed by atoms with Crippen molar-refractivity contribution in [3.05, 3.63) is 45.7 Å². The lowest BCUT2D eigenvalue weighted by atomic mass is 9.83. The van der Waals surface area contributed by atoms with Crippen molar-refractivity contribution in [2.75, 3.05) is 12.4 Å². The summed E-state index contributed by atoms with van der Waals surface area (Å²) in [6.45, 7) is -0.290. The van der Waals surface area contributed by atoms with Crippen LogP contribution in [0, 0.1) is 5.82 Å². The number of nitrogens with two attached hydrogens (primary N) is 1. The molecule has 3 aromatic rings. The molecule has 0 radical (unpaired) electrons. The lowest BCUT2D eigenvalue weighted by Crippen LogP contribution is -2.31. The maximum atomic E-state index is 13.6. The van der Waals surface area contributed by atoms with Crippen molar-refractivity contribution in [2.45, 2.75) is 23.6 Å². The van der Waals surface area contributed by atoms with Crippen LogP contribution >= 0.6 is 11.8 Å². The van der Waals surface area contributed by atoms with Gasteiger partial charge >= 0.3 is 11.8 Å². The fraction of sp³-hybridized carbons (Fsp3) is 0.312. The van der Waals surface area contributed by atoms with Crippen LogP contribution in [0.15, 0.2) is 37.2 Å². The van der Waals surface area contributed by atoms with Gasteiger partial charge in [0, 0.05) is 5.75 Å². The summed E-state index contributed by atoms with van der Waals surface area (Å²) >= 11 is 1.05. The van der Waals surface area contributed by atoms with E-state index in [1.807, 2.05) is 0 Å². The quantitative estimate of drug-likeness (QED) is 0.518. The molecule has 0 saturated heterocycles. The van der Waals surface area contributed by atoms with Gasteiger partial charge in [0.2, 0.25) is 5.82 Å². The smallest absolute Gasteiger partial charge is 0.442 e. The summed E-state index contributed by atoms with van der Waals surface area (Å²) in [5.74, 6) is -0.991. The number of thioether (sulfide) groups is 1. The van der Waals surface area contributed by atoms with E-state index in [1.165, 1.54) is 16.7 Å². The number of carbonyl (C=O) groups excluding carboxylic acids is 1. The Morgan fingerprint density at radius 1 is 1.45 bits per heavy atom. The number of aromatic nitrogens is 4. The number of amides is 1. The molecule has 2 atom stereocenters. The Hall–Kier alpha value is -3.19. The highest BCUT2D eigenvalue weighted by molar-refractivity contribution is 7.99. The van der Waals surface area contributed by atoms with Gasteiger partial charge in [0.25, 0.3) is 0 Å². The summed E-state index contributed by atoms with van der Waals surface area (Å²) in [6, 6.07) is 3.92. The van der Waals surface area contributed by atoms with Gasteiger partial charge in [0.15, 0.2) is 10.7 Å². The highest BCUT2D eigenvalue weighted by Gasteiger charge is 2.34. The van der Waals surface area contributed by atoms with Crippen LogP contribution < -0.4 is 11.5 Å². The van der Waals surface area contributed by atoms with Gasteiger partial charge in [-0.2, -0.15) is 0 Å². The summed E-state index contributed by atoms with van der Waals surface area (Å²) in [5.41, 5.74) is 6.55. The number of aliphatic hydroxyl groups is 1. The van der Waals surface area contributed by atoms with Crippen LogP contribution in [0.4, 0.5) is 9.18 Å². The molecule has 0 bridgehead atoms. The normalized spacial score (nSPS) is 16.1. The zero-order chi connectivity index (χ0) is 20.5. The standard InChI is InChI=1S/C16H14FN5O6S/c17-8-2-1-7-3-11(10(7)4-8)22-13(20-27-16(22)25)12-14(21-28-19-12)29-6-9(23)5-26-15(18)24/h1-2,4,9,11,23H,3,5-6H2,(H2,18,24)/t9?,11-/m0/s1. The summed E-state index contributed by atoms with van der Waals surface area (Å²) in [6.07, 6.45) is -1.51. The fourth-order valence-electron chi connectivity index (χ4n) is 2.98. The number of benzene rings is 1. The second-order valence-corrected chi connectivity index (χ2v) is 7.23. The van der Waals surface area contributed by atoms with E-state index in [-0.39, 0.29) is 28.9 Å². The van der Waals surface area contributed by atoms with Gasteiger partial charge in [-0.15, -0.1) is 0 Å². The third-order valence-corrected chi connectivity index (χ3v) is 5.42. The first-order valence-corrected chi connectivity index (χ1v) is 9.35. The molecule has 1 aliphatic rings. The van der Waals surface area contributed by atoms with E-state index in [0.717, 1.165) is 17.3 Å². The van der Waals surface area contributed by atoms with Gasteiger partial charge in [-0.1, -0.05) is 23.0 Å². The fourth-order valence-corrected chi connectivity index (χ4v) is 3.78. The molecule has 4 rings (SSSR count). The molecule has 0 aliphatic heterocycles. The number of primary amides is 1. The number of rotatable bonds is 7. The summed E-state index contributed by atoms with van der Waals surface area (Å²) in [7, 11) is 0. The molecule has 1 aliphatic carbocycles. The second kappa shape index (κ2) is 7.67. The summed E-state index contributed by atoms with van der Waals surface area (Å²) in [5, 5.41) is 21.4. The molecule has 152 valence electrons. The first-order chi connectivity index (χ1) is 13.9. The third kappa shape index (κ3) is 3.73. The average molecular weight is 423 g/mol. The lowest BCUT2D eigenvalue weighted by molar-refractivity contribution is 0.0857. The molecular formula is C16H14FN5O6S. The Labute approximate surface area is 165 Å². The first kappa shape index (κ1) is 19.1. The highest BCUT2D eigenvalue weighted by atomic mass is 32.2. The molecule has 2 heterocycles. The SMILES string of the molecule is NC(=O)OCC(O)CSc1nonc1-c1noc(=O)n1[C@H]1Cc2ccc(F)cc21. The van der Waals surface area contributed by atoms with E-state index in [9.17, 15) is 19.1 Å². The predicted octanol–water partition coefficient (Wildman–Crippen LogP) is 0.719. The zero-order valence-corrected chi connectivity index (χ0v) is 15.5. The van der Waals surface area contributed by atoms with Gasteiger partial charge in [0.05, 0.1) is 12.1 Å². The molecule has 0 saturated carbocycles. The molecule has 1 aromatic carbocycles. The van der Waals surface area contributed by atoms with Gasteiger partial charge in [-0.05, 0) is 40.0 Å². The minimum absolute atomic E-state index is 0.0709. The van der Waals surface area contributed by atoms with E-state index in [0.29, 0.717) is 12.0 Å². The Morgan fingerprint density at radius 2 is 2.28 bits per heavy atom. The number of nitrogens with zero attached hydrogens (tertiary/aromatic N) is 4. The topological polar surface area (TPSA) is 160 Å². The van der Waals surface area contributed by atoms with Gasteiger partial charge in [0.1, 0.15) is 12.4 Å². The van der Waals surface area contributed by atoms with E-state index < -0.39 is 29.8 Å². The Morgan fingerprint density at radius 3 is 3.07 bits per heavy atom. The van der Waals surface area contributed by atoms with Crippen LogP contribution in [-0.4, -0.2) is 49.7 Å². The second-order valence-electron chi connectivity index (χ2n) is 6.22. The van der Waals surface area contributed by atoms with Crippen molar-refractivity contribution in [3.8, 4) is 11.5 Å². The van der Waals surface area contributed by atoms with E-state index in [1.54, 1.807) is 6.07 Å². The van der Waals surface area contributed by atoms with Crippen LogP contribution in [0.2, 0.25) is 0 Å². The van der Waals surface area contributed by atoms with Crippen LogP contribution in [0.5, 0.6) is 0 Å². The molecule has 2 aromatic heterocycles. The van der Waals surface area contributed by atoms with Crippen molar-refractivity contribution >= 4 is 17.9 Å². The molecule has 0 fully saturated rings. The molecule has 1 unspecified atom stereocenters. The van der Waals surface area contributed by atoms with Gasteiger partial charge in [-0.3, -0.25) is 4.52 Å². The molecular weight excluding hydrogens is 409 g/mol. The molecule has 1 amide bonds. The number of hydrogen-bond donors (Lipinski definition) is 2. The minimum atomic E-state index is -1.02. The maximum absolute atomic E-state index is 13.6. The Balaban J connectivity index is 1.56. The van der Waals surface area contributed by atoms with Crippen LogP contribution in [0.3, 0.4) is 0 Å². The summed E-state index contributed by atoms with van der Waals surface area (Å²) in [4.78, 5) is 22.8. The Kier molecular flexibility index (Phi) is 5.07. The first-order valence-electron chi connectivity index (χ1n) is 8.36. The van der Waals surface area contributed by atoms with E-state index in [2.05, 4.69) is 20.2 Å². The Bertz CT molecular complexity index is 1110. The number of fused-ring (bicyclic) bond motifs is 1. The van der Waals surface area contributed by atoms with Crippen LogP contribution in [0.1, 0.15) is 17.2 Å². The number of halogens is 1. The monoisotopic (exact) mass is 423 g/mol. The third-order valence-electron chi connectivity index (χ3n) is 4.33. The zero-order valence-electron chi connectivity index (χ0n) is 14.6. The number of hydrogen-bond acceptors (Lipinski definition) is 10. The highest BCUT2D eigenvalue weighted by Crippen LogP contribution is 2.38.